The van der Waals surface area contributed by atoms with Crippen molar-refractivity contribution in [1.82, 2.24) is 15.5 Å². The van der Waals surface area contributed by atoms with E-state index in [1.807, 2.05) is 7.05 Å². The van der Waals surface area contributed by atoms with Gasteiger partial charge in [-0.1, -0.05) is 6.92 Å². The first kappa shape index (κ1) is 12.8. The van der Waals surface area contributed by atoms with Crippen LogP contribution in [0.1, 0.15) is 69.2 Å². The zero-order valence-corrected chi connectivity index (χ0v) is 12.5. The molecule has 4 bridgehead atoms. The molecule has 1 N–H and O–H groups in total. The predicted octanol–water partition coefficient (Wildman–Crippen LogP) is 3.28. The molecule has 1 aromatic rings. The molecule has 0 amide bonds. The highest BCUT2D eigenvalue weighted by molar-refractivity contribution is 5.09. The van der Waals surface area contributed by atoms with E-state index in [2.05, 4.69) is 22.4 Å². The Morgan fingerprint density at radius 1 is 1.10 bits per heavy atom. The molecule has 110 valence electrons. The highest BCUT2D eigenvalue weighted by Gasteiger charge is 2.50. The molecule has 1 unspecified atom stereocenters. The molecule has 0 aliphatic heterocycles. The highest BCUT2D eigenvalue weighted by atomic mass is 16.4. The summed E-state index contributed by atoms with van der Waals surface area (Å²) < 4.78 is 6.07. The fraction of sp³-hybridized carbons (Fsp3) is 0.875. The first-order chi connectivity index (χ1) is 9.78. The van der Waals surface area contributed by atoms with Gasteiger partial charge in [0.1, 0.15) is 0 Å². The fourth-order valence-corrected chi connectivity index (χ4v) is 5.35. The minimum absolute atomic E-state index is 0.202. The van der Waals surface area contributed by atoms with Crippen LogP contribution in [0.2, 0.25) is 0 Å². The van der Waals surface area contributed by atoms with Gasteiger partial charge in [-0.25, -0.2) is 0 Å². The van der Waals surface area contributed by atoms with Gasteiger partial charge in [0.15, 0.2) is 0 Å². The molecule has 4 heteroatoms. The van der Waals surface area contributed by atoms with Crippen LogP contribution in [0.5, 0.6) is 0 Å². The Morgan fingerprint density at radius 3 is 2.30 bits per heavy atom. The Hall–Kier alpha value is -0.900. The fourth-order valence-electron chi connectivity index (χ4n) is 5.35. The van der Waals surface area contributed by atoms with Gasteiger partial charge < -0.3 is 9.73 Å². The molecule has 0 radical (unpaired) electrons. The standard InChI is InChI=1S/C16H25N3O/c1-3-13(17-2)15-18-19-16(20-15)14-11-5-9-4-10(7-11)8-12(14)6-9/h9-14,17H,3-8H2,1-2H3. The van der Waals surface area contributed by atoms with Gasteiger partial charge in [-0.3, -0.25) is 0 Å². The maximum atomic E-state index is 6.07. The van der Waals surface area contributed by atoms with E-state index in [1.54, 1.807) is 0 Å². The molecule has 20 heavy (non-hydrogen) atoms. The average Bonchev–Trinajstić information content (AvgIpc) is 2.88. The van der Waals surface area contributed by atoms with Gasteiger partial charge in [-0.05, 0) is 69.2 Å². The minimum atomic E-state index is 0.202. The van der Waals surface area contributed by atoms with Crippen LogP contribution >= 0.6 is 0 Å². The second-order valence-corrected chi connectivity index (χ2v) is 7.18. The van der Waals surface area contributed by atoms with Crippen LogP contribution in [-0.4, -0.2) is 17.2 Å². The molecule has 4 fully saturated rings. The maximum absolute atomic E-state index is 6.07. The second-order valence-electron chi connectivity index (χ2n) is 7.18. The van der Waals surface area contributed by atoms with Crippen LogP contribution in [0.25, 0.3) is 0 Å². The Balaban J connectivity index is 1.59. The smallest absolute Gasteiger partial charge is 0.233 e. The van der Waals surface area contributed by atoms with Gasteiger partial charge >= 0.3 is 0 Å². The minimum Gasteiger partial charge on any atom is -0.423 e. The quantitative estimate of drug-likeness (QED) is 0.916. The third-order valence-corrected chi connectivity index (χ3v) is 6.02. The number of hydrogen-bond acceptors (Lipinski definition) is 4. The van der Waals surface area contributed by atoms with Gasteiger partial charge in [0.05, 0.1) is 6.04 Å². The Kier molecular flexibility index (Phi) is 3.09. The third-order valence-electron chi connectivity index (χ3n) is 6.02. The summed E-state index contributed by atoms with van der Waals surface area (Å²) in [5, 5.41) is 12.0. The first-order valence-corrected chi connectivity index (χ1v) is 8.29. The SMILES string of the molecule is CCC(NC)c1nnc(C2C3CC4CC(C3)CC2C4)o1. The normalized spacial score (nSPS) is 40.2. The predicted molar refractivity (Wildman–Crippen MR) is 76.2 cm³/mol. The van der Waals surface area contributed by atoms with Crippen molar-refractivity contribution < 1.29 is 4.42 Å². The molecule has 1 aromatic heterocycles. The van der Waals surface area contributed by atoms with Gasteiger partial charge in [-0.2, -0.15) is 0 Å². The first-order valence-electron chi connectivity index (χ1n) is 8.29. The van der Waals surface area contributed by atoms with Crippen LogP contribution in [0.4, 0.5) is 0 Å². The summed E-state index contributed by atoms with van der Waals surface area (Å²) in [7, 11) is 1.96. The van der Waals surface area contributed by atoms with Gasteiger partial charge in [0, 0.05) is 5.92 Å². The van der Waals surface area contributed by atoms with Crippen molar-refractivity contribution in [3.63, 3.8) is 0 Å². The average molecular weight is 275 g/mol. The van der Waals surface area contributed by atoms with E-state index in [1.165, 1.54) is 32.1 Å². The Morgan fingerprint density at radius 2 is 1.75 bits per heavy atom. The summed E-state index contributed by atoms with van der Waals surface area (Å²) >= 11 is 0. The Bertz CT molecular complexity index is 452. The zero-order valence-electron chi connectivity index (χ0n) is 12.5. The van der Waals surface area contributed by atoms with E-state index in [0.717, 1.165) is 41.9 Å². The lowest BCUT2D eigenvalue weighted by Crippen LogP contribution is -2.43. The summed E-state index contributed by atoms with van der Waals surface area (Å²) in [6.45, 7) is 2.15. The van der Waals surface area contributed by atoms with Gasteiger partial charge in [-0.15, -0.1) is 10.2 Å². The lowest BCUT2D eigenvalue weighted by atomic mass is 9.52. The van der Waals surface area contributed by atoms with Crippen molar-refractivity contribution in [3.05, 3.63) is 11.8 Å². The van der Waals surface area contributed by atoms with E-state index >= 15 is 0 Å². The van der Waals surface area contributed by atoms with Crippen molar-refractivity contribution in [1.29, 1.82) is 0 Å². The number of nitrogens with zero attached hydrogens (tertiary/aromatic N) is 2. The van der Waals surface area contributed by atoms with Crippen LogP contribution in [-0.2, 0) is 0 Å². The molecule has 0 saturated heterocycles. The maximum Gasteiger partial charge on any atom is 0.233 e. The largest absolute Gasteiger partial charge is 0.423 e. The molecule has 0 spiro atoms. The van der Waals surface area contributed by atoms with Gasteiger partial charge in [0.2, 0.25) is 11.8 Å². The van der Waals surface area contributed by atoms with Crippen LogP contribution in [0.3, 0.4) is 0 Å². The molecule has 4 aliphatic carbocycles. The number of aromatic nitrogens is 2. The summed E-state index contributed by atoms with van der Waals surface area (Å²) in [5.74, 6) is 5.89. The lowest BCUT2D eigenvalue weighted by Gasteiger charge is -2.53. The van der Waals surface area contributed by atoms with E-state index in [-0.39, 0.29) is 6.04 Å². The van der Waals surface area contributed by atoms with E-state index in [4.69, 9.17) is 4.42 Å². The molecule has 1 heterocycles. The van der Waals surface area contributed by atoms with E-state index in [9.17, 15) is 0 Å². The summed E-state index contributed by atoms with van der Waals surface area (Å²) in [4.78, 5) is 0. The summed E-state index contributed by atoms with van der Waals surface area (Å²) in [5.41, 5.74) is 0. The number of nitrogens with one attached hydrogen (secondary N) is 1. The van der Waals surface area contributed by atoms with Crippen LogP contribution in [0.15, 0.2) is 4.42 Å². The van der Waals surface area contributed by atoms with E-state index < -0.39 is 0 Å². The van der Waals surface area contributed by atoms with Crippen molar-refractivity contribution in [2.24, 2.45) is 23.7 Å². The Labute approximate surface area is 120 Å². The number of hydrogen-bond donors (Lipinski definition) is 1. The zero-order chi connectivity index (χ0) is 13.7. The van der Waals surface area contributed by atoms with Gasteiger partial charge in [0.25, 0.3) is 0 Å². The van der Waals surface area contributed by atoms with Crippen molar-refractivity contribution in [3.8, 4) is 0 Å². The molecule has 1 atom stereocenters. The van der Waals surface area contributed by atoms with Crippen molar-refractivity contribution >= 4 is 0 Å². The molecule has 4 nitrogen and oxygen atoms in total. The summed E-state index contributed by atoms with van der Waals surface area (Å²) in [6.07, 6.45) is 8.08. The summed E-state index contributed by atoms with van der Waals surface area (Å²) in [6, 6.07) is 0.202. The topological polar surface area (TPSA) is 51.0 Å². The molecule has 4 aliphatic rings. The molecule has 4 saturated carbocycles. The van der Waals surface area contributed by atoms with Crippen LogP contribution in [0, 0.1) is 23.7 Å². The third kappa shape index (κ3) is 1.92. The highest BCUT2D eigenvalue weighted by Crippen LogP contribution is 2.59. The van der Waals surface area contributed by atoms with E-state index in [0.29, 0.717) is 5.92 Å². The molecule has 0 aromatic carbocycles. The molecular formula is C16H25N3O. The molecule has 5 rings (SSSR count). The second kappa shape index (κ2) is 4.83. The monoisotopic (exact) mass is 275 g/mol. The lowest BCUT2D eigenvalue weighted by molar-refractivity contribution is -0.0119. The van der Waals surface area contributed by atoms with Crippen molar-refractivity contribution in [2.45, 2.75) is 57.4 Å². The van der Waals surface area contributed by atoms with Crippen LogP contribution < -0.4 is 5.32 Å². The molecular weight excluding hydrogens is 250 g/mol. The number of rotatable bonds is 4. The van der Waals surface area contributed by atoms with Crippen molar-refractivity contribution in [2.75, 3.05) is 7.05 Å².